The summed E-state index contributed by atoms with van der Waals surface area (Å²) in [5.41, 5.74) is 0. The van der Waals surface area contributed by atoms with Gasteiger partial charge in [0.2, 0.25) is 0 Å². The molecule has 36 heavy (non-hydrogen) atoms. The van der Waals surface area contributed by atoms with Crippen molar-refractivity contribution in [2.75, 3.05) is 27.3 Å². The lowest BCUT2D eigenvalue weighted by atomic mass is 10.0. The second-order valence-electron chi connectivity index (χ2n) is 11.2. The number of nitrogens with zero attached hydrogens (tertiary/aromatic N) is 1. The van der Waals surface area contributed by atoms with Crippen molar-refractivity contribution in [1.82, 2.24) is 4.90 Å². The number of allylic oxidation sites excluding steroid dienone is 4. The molecule has 0 aliphatic rings. The lowest BCUT2D eigenvalue weighted by Gasteiger charge is -2.24. The fourth-order valence-electron chi connectivity index (χ4n) is 4.77. The van der Waals surface area contributed by atoms with E-state index in [-0.39, 0.29) is 0 Å². The number of hydrogen-bond acceptors (Lipinski definition) is 2. The van der Waals surface area contributed by atoms with Crippen LogP contribution < -0.4 is 0 Å². The van der Waals surface area contributed by atoms with E-state index in [1.807, 2.05) is 0 Å². The van der Waals surface area contributed by atoms with E-state index >= 15 is 0 Å². The Morgan fingerprint density at radius 3 is 1.53 bits per heavy atom. The summed E-state index contributed by atoms with van der Waals surface area (Å²) in [6.07, 6.45) is 40.5. The highest BCUT2D eigenvalue weighted by Crippen LogP contribution is 2.14. The van der Waals surface area contributed by atoms with Crippen LogP contribution >= 0.6 is 0 Å². The Balaban J connectivity index is 3.46. The molecule has 1 atom stereocenters. The second kappa shape index (κ2) is 30.6. The largest absolute Gasteiger partial charge is 0.380 e. The monoisotopic (exact) mass is 506 g/mol. The highest BCUT2D eigenvalue weighted by molar-refractivity contribution is 4.92. The smallest absolute Gasteiger partial charge is 0.0621 e. The molecule has 0 unspecified atom stereocenters. The van der Waals surface area contributed by atoms with Crippen molar-refractivity contribution in [3.63, 3.8) is 0 Å². The van der Waals surface area contributed by atoms with Gasteiger partial charge in [-0.1, -0.05) is 141 Å². The van der Waals surface area contributed by atoms with Crippen molar-refractivity contribution >= 4 is 0 Å². The average Bonchev–Trinajstić information content (AvgIpc) is 2.87. The Labute approximate surface area is 228 Å². The topological polar surface area (TPSA) is 12.5 Å². The normalized spacial score (nSPS) is 13.0. The first-order chi connectivity index (χ1) is 17.7. The molecule has 0 aromatic rings. The quantitative estimate of drug-likeness (QED) is 0.0740. The Morgan fingerprint density at radius 2 is 0.972 bits per heavy atom. The number of unbranched alkanes of at least 4 members (excludes halogenated alkanes) is 18. The summed E-state index contributed by atoms with van der Waals surface area (Å²) in [6, 6.07) is 0.585. The van der Waals surface area contributed by atoms with Gasteiger partial charge in [0, 0.05) is 12.6 Å². The lowest BCUT2D eigenvalue weighted by molar-refractivity contribution is 0.0721. The van der Waals surface area contributed by atoms with Crippen molar-refractivity contribution in [3.05, 3.63) is 24.3 Å². The molecule has 0 saturated carbocycles. The van der Waals surface area contributed by atoms with Gasteiger partial charge in [-0.25, -0.2) is 0 Å². The summed E-state index contributed by atoms with van der Waals surface area (Å²) in [4.78, 5) is 2.37. The third kappa shape index (κ3) is 28.0. The van der Waals surface area contributed by atoms with Gasteiger partial charge in [-0.05, 0) is 59.0 Å². The fraction of sp³-hybridized carbons (Fsp3) is 0.882. The zero-order valence-electron chi connectivity index (χ0n) is 25.4. The molecule has 0 radical (unpaired) electrons. The molecular formula is C34H67NO. The van der Waals surface area contributed by atoms with E-state index < -0.39 is 0 Å². The van der Waals surface area contributed by atoms with E-state index in [2.05, 4.69) is 57.1 Å². The van der Waals surface area contributed by atoms with Crippen LogP contribution in [-0.4, -0.2) is 38.3 Å². The molecule has 0 amide bonds. The van der Waals surface area contributed by atoms with Gasteiger partial charge in [0.1, 0.15) is 0 Å². The highest BCUT2D eigenvalue weighted by Gasteiger charge is 2.11. The summed E-state index contributed by atoms with van der Waals surface area (Å²) >= 11 is 0. The van der Waals surface area contributed by atoms with Gasteiger partial charge in [-0.15, -0.1) is 0 Å². The van der Waals surface area contributed by atoms with Gasteiger partial charge in [0.15, 0.2) is 0 Å². The zero-order chi connectivity index (χ0) is 26.4. The molecular weight excluding hydrogens is 438 g/mol. The van der Waals surface area contributed by atoms with Crippen LogP contribution in [0.1, 0.15) is 162 Å². The maximum absolute atomic E-state index is 6.05. The first-order valence-corrected chi connectivity index (χ1v) is 16.3. The predicted molar refractivity (Wildman–Crippen MR) is 164 cm³/mol. The Kier molecular flexibility index (Phi) is 30.1. The van der Waals surface area contributed by atoms with Crippen LogP contribution in [0.25, 0.3) is 0 Å². The lowest BCUT2D eigenvalue weighted by Crippen LogP contribution is -2.32. The SMILES string of the molecule is CCCCCC=CCC=CCCCCCCCCC[C@@H](COCCCCCCCCCCC)N(C)C. The molecule has 0 fully saturated rings. The van der Waals surface area contributed by atoms with Gasteiger partial charge in [-0.3, -0.25) is 0 Å². The summed E-state index contributed by atoms with van der Waals surface area (Å²) in [5, 5.41) is 0. The molecule has 0 rings (SSSR count). The molecule has 2 nitrogen and oxygen atoms in total. The molecule has 0 heterocycles. The first kappa shape index (κ1) is 35.4. The molecule has 0 aliphatic heterocycles. The van der Waals surface area contributed by atoms with E-state index in [0.717, 1.165) is 19.6 Å². The molecule has 2 heteroatoms. The van der Waals surface area contributed by atoms with Crippen molar-refractivity contribution < 1.29 is 4.74 Å². The van der Waals surface area contributed by atoms with Crippen LogP contribution in [0.15, 0.2) is 24.3 Å². The molecule has 0 aliphatic carbocycles. The summed E-state index contributed by atoms with van der Waals surface area (Å²) in [6.45, 7) is 6.42. The van der Waals surface area contributed by atoms with Gasteiger partial charge in [0.25, 0.3) is 0 Å². The van der Waals surface area contributed by atoms with E-state index in [1.165, 1.54) is 141 Å². The van der Waals surface area contributed by atoms with E-state index in [1.54, 1.807) is 0 Å². The third-order valence-electron chi connectivity index (χ3n) is 7.42. The van der Waals surface area contributed by atoms with Gasteiger partial charge in [0.05, 0.1) is 6.61 Å². The van der Waals surface area contributed by atoms with Crippen molar-refractivity contribution in [3.8, 4) is 0 Å². The minimum Gasteiger partial charge on any atom is -0.380 e. The van der Waals surface area contributed by atoms with E-state index in [9.17, 15) is 0 Å². The molecule has 214 valence electrons. The third-order valence-corrected chi connectivity index (χ3v) is 7.42. The predicted octanol–water partition coefficient (Wildman–Crippen LogP) is 11.1. The summed E-state index contributed by atoms with van der Waals surface area (Å²) in [7, 11) is 4.43. The molecule has 0 saturated heterocycles. The Morgan fingerprint density at radius 1 is 0.528 bits per heavy atom. The molecule has 0 bridgehead atoms. The van der Waals surface area contributed by atoms with Crippen LogP contribution in [0.4, 0.5) is 0 Å². The maximum Gasteiger partial charge on any atom is 0.0621 e. The maximum atomic E-state index is 6.05. The minimum absolute atomic E-state index is 0.585. The highest BCUT2D eigenvalue weighted by atomic mass is 16.5. The van der Waals surface area contributed by atoms with Crippen molar-refractivity contribution in [2.24, 2.45) is 0 Å². The van der Waals surface area contributed by atoms with Gasteiger partial charge in [-0.2, -0.15) is 0 Å². The standard InChI is InChI=1S/C34H67NO/c1-5-7-9-11-13-15-16-17-18-19-20-21-22-23-25-27-29-31-34(35(3)4)33-36-32-30-28-26-24-14-12-10-8-6-2/h13,15,17-18,34H,5-12,14,16,19-33H2,1-4H3/t34-/m0/s1. The van der Waals surface area contributed by atoms with Crippen LogP contribution in [0, 0.1) is 0 Å². The zero-order valence-corrected chi connectivity index (χ0v) is 25.4. The van der Waals surface area contributed by atoms with Crippen LogP contribution in [0.3, 0.4) is 0 Å². The van der Waals surface area contributed by atoms with E-state index in [4.69, 9.17) is 4.74 Å². The molecule has 0 aromatic heterocycles. The van der Waals surface area contributed by atoms with Gasteiger partial charge >= 0.3 is 0 Å². The van der Waals surface area contributed by atoms with Gasteiger partial charge < -0.3 is 9.64 Å². The fourth-order valence-corrected chi connectivity index (χ4v) is 4.77. The second-order valence-corrected chi connectivity index (χ2v) is 11.2. The summed E-state index contributed by atoms with van der Waals surface area (Å²) in [5.74, 6) is 0. The molecule has 0 aromatic carbocycles. The number of ether oxygens (including phenoxy) is 1. The first-order valence-electron chi connectivity index (χ1n) is 16.3. The Hall–Kier alpha value is -0.600. The number of likely N-dealkylation sites (N-methyl/N-ethyl adjacent to an activating group) is 1. The summed E-state index contributed by atoms with van der Waals surface area (Å²) < 4.78 is 6.05. The van der Waals surface area contributed by atoms with Crippen molar-refractivity contribution in [2.45, 2.75) is 168 Å². The van der Waals surface area contributed by atoms with Crippen LogP contribution in [0.5, 0.6) is 0 Å². The molecule has 0 N–H and O–H groups in total. The minimum atomic E-state index is 0.585. The van der Waals surface area contributed by atoms with Crippen molar-refractivity contribution in [1.29, 1.82) is 0 Å². The van der Waals surface area contributed by atoms with Crippen LogP contribution in [0.2, 0.25) is 0 Å². The van der Waals surface area contributed by atoms with E-state index in [0.29, 0.717) is 6.04 Å². The molecule has 0 spiro atoms. The van der Waals surface area contributed by atoms with Crippen LogP contribution in [-0.2, 0) is 4.74 Å². The number of hydrogen-bond donors (Lipinski definition) is 0. The Bertz CT molecular complexity index is 456. The average molecular weight is 506 g/mol. The number of rotatable bonds is 29.